The van der Waals surface area contributed by atoms with Gasteiger partial charge in [0.25, 0.3) is 0 Å². The Bertz CT molecular complexity index is 1010. The van der Waals surface area contributed by atoms with Crippen LogP contribution in [0.5, 0.6) is 5.75 Å². The van der Waals surface area contributed by atoms with Crippen LogP contribution in [0.4, 0.5) is 5.69 Å². The van der Waals surface area contributed by atoms with Crippen molar-refractivity contribution < 1.29 is 9.53 Å². The second-order valence-corrected chi connectivity index (χ2v) is 6.72. The summed E-state index contributed by atoms with van der Waals surface area (Å²) in [5.74, 6) is 1.06. The number of rotatable bonds is 2. The van der Waals surface area contributed by atoms with Crippen molar-refractivity contribution in [2.45, 2.75) is 38.5 Å². The number of hydrogen-bond donors (Lipinski definition) is 2. The number of hydrogen-bond acceptors (Lipinski definition) is 3. The fourth-order valence-corrected chi connectivity index (χ4v) is 4.08. The van der Waals surface area contributed by atoms with Crippen LogP contribution in [0.3, 0.4) is 0 Å². The van der Waals surface area contributed by atoms with Crippen molar-refractivity contribution in [2.75, 3.05) is 12.4 Å². The van der Waals surface area contributed by atoms with E-state index in [2.05, 4.69) is 33.7 Å². The first kappa shape index (κ1) is 16.6. The first-order chi connectivity index (χ1) is 12.6. The van der Waals surface area contributed by atoms with Crippen molar-refractivity contribution in [3.63, 3.8) is 0 Å². The van der Waals surface area contributed by atoms with E-state index in [1.165, 1.54) is 5.56 Å². The molecule has 1 aliphatic carbocycles. The van der Waals surface area contributed by atoms with E-state index in [-0.39, 0.29) is 11.8 Å². The van der Waals surface area contributed by atoms with Gasteiger partial charge in [0, 0.05) is 22.7 Å². The molecule has 0 bridgehead atoms. The van der Waals surface area contributed by atoms with Crippen LogP contribution in [0.2, 0.25) is 0 Å². The van der Waals surface area contributed by atoms with Crippen LogP contribution >= 0.6 is 0 Å². The molecule has 1 amide bonds. The summed E-state index contributed by atoms with van der Waals surface area (Å²) in [5, 5.41) is 11.5. The predicted molar refractivity (Wildman–Crippen MR) is 103 cm³/mol. The molecule has 0 unspecified atom stereocenters. The summed E-state index contributed by atoms with van der Waals surface area (Å²) in [4.78, 5) is 12.7. The molecule has 2 heterocycles. The van der Waals surface area contributed by atoms with E-state index in [0.717, 1.165) is 40.0 Å². The number of nitrogens with one attached hydrogen (secondary N) is 2. The van der Waals surface area contributed by atoms with Crippen molar-refractivity contribution >= 4 is 22.5 Å². The lowest BCUT2D eigenvalue weighted by Crippen LogP contribution is -2.21. The fraction of sp³-hybridized carbons (Fsp3) is 0.333. The number of benzene rings is 2. The Hall–Kier alpha value is -2.82. The zero-order valence-corrected chi connectivity index (χ0v) is 15.5. The Morgan fingerprint density at radius 3 is 2.77 bits per heavy atom. The number of amides is 1. The smallest absolute Gasteiger partial charge is 0.235 e. The molecule has 134 valence electrons. The van der Waals surface area contributed by atoms with Gasteiger partial charge in [0.1, 0.15) is 5.75 Å². The zero-order valence-electron chi connectivity index (χ0n) is 15.5. The average Bonchev–Trinajstić information content (AvgIpc) is 3.25. The van der Waals surface area contributed by atoms with Gasteiger partial charge < -0.3 is 10.1 Å². The Morgan fingerprint density at radius 1 is 1.19 bits per heavy atom. The molecule has 5 heteroatoms. The third-order valence-corrected chi connectivity index (χ3v) is 5.49. The number of nitrogens with zero attached hydrogens (tertiary/aromatic N) is 1. The van der Waals surface area contributed by atoms with Crippen LogP contribution in [0.25, 0.3) is 10.9 Å². The Kier molecular flexibility index (Phi) is 3.75. The normalized spacial score (nSPS) is 22.6. The SMILES string of the molecule is CC.COc1ccc2c(c1)[C@@]1(C[C@@H]1c1ccc3c(C)[nH]nc3c1)C(=O)N2. The molecule has 0 radical (unpaired) electrons. The number of aromatic amines is 1. The van der Waals surface area contributed by atoms with Crippen molar-refractivity contribution in [1.82, 2.24) is 10.2 Å². The molecule has 26 heavy (non-hydrogen) atoms. The fourth-order valence-electron chi connectivity index (χ4n) is 4.08. The molecule has 2 N–H and O–H groups in total. The van der Waals surface area contributed by atoms with E-state index in [9.17, 15) is 4.79 Å². The molecular formula is C21H23N3O2. The maximum Gasteiger partial charge on any atom is 0.235 e. The minimum atomic E-state index is -0.455. The summed E-state index contributed by atoms with van der Waals surface area (Å²) in [7, 11) is 1.65. The van der Waals surface area contributed by atoms with E-state index in [1.807, 2.05) is 39.0 Å². The maximum atomic E-state index is 12.7. The lowest BCUT2D eigenvalue weighted by Gasteiger charge is -2.10. The second-order valence-electron chi connectivity index (χ2n) is 6.72. The molecule has 3 aromatic rings. The van der Waals surface area contributed by atoms with E-state index in [0.29, 0.717) is 0 Å². The third-order valence-electron chi connectivity index (χ3n) is 5.49. The molecule has 1 aromatic heterocycles. The van der Waals surface area contributed by atoms with E-state index in [1.54, 1.807) is 7.11 Å². The molecule has 2 aliphatic rings. The Labute approximate surface area is 152 Å². The molecule has 2 atom stereocenters. The molecule has 1 saturated carbocycles. The van der Waals surface area contributed by atoms with Gasteiger partial charge in [0.05, 0.1) is 18.0 Å². The van der Waals surface area contributed by atoms with Gasteiger partial charge in [0.2, 0.25) is 5.91 Å². The highest BCUT2D eigenvalue weighted by Gasteiger charge is 2.65. The first-order valence-corrected chi connectivity index (χ1v) is 9.08. The molecular weight excluding hydrogens is 326 g/mol. The van der Waals surface area contributed by atoms with Gasteiger partial charge in [-0.1, -0.05) is 26.0 Å². The predicted octanol–water partition coefficient (Wildman–Crippen LogP) is 4.28. The van der Waals surface area contributed by atoms with Crippen LogP contribution < -0.4 is 10.1 Å². The van der Waals surface area contributed by atoms with Gasteiger partial charge in [-0.05, 0) is 48.7 Å². The number of anilines is 1. The van der Waals surface area contributed by atoms with Gasteiger partial charge >= 0.3 is 0 Å². The highest BCUT2D eigenvalue weighted by molar-refractivity contribution is 6.10. The summed E-state index contributed by atoms with van der Waals surface area (Å²) in [6.45, 7) is 6.01. The lowest BCUT2D eigenvalue weighted by atomic mass is 9.91. The minimum absolute atomic E-state index is 0.0917. The van der Waals surface area contributed by atoms with Crippen molar-refractivity contribution in [2.24, 2.45) is 0 Å². The lowest BCUT2D eigenvalue weighted by molar-refractivity contribution is -0.118. The summed E-state index contributed by atoms with van der Waals surface area (Å²) >= 11 is 0. The molecule has 1 aliphatic heterocycles. The van der Waals surface area contributed by atoms with Gasteiger partial charge in [-0.3, -0.25) is 9.89 Å². The molecule has 5 rings (SSSR count). The molecule has 1 fully saturated rings. The Balaban J connectivity index is 0.000000814. The standard InChI is InChI=1S/C19H17N3O2.C2H6/c1-10-13-5-3-11(7-17(13)22-21-10)15-9-19(15)14-8-12(24-2)4-6-16(14)20-18(19)23;1-2/h3-8,15H,9H2,1-2H3,(H,20,23)(H,21,22);1-2H3/t15-,19-;/m1./s1. The summed E-state index contributed by atoms with van der Waals surface area (Å²) < 4.78 is 5.34. The van der Waals surface area contributed by atoms with Crippen LogP contribution in [0, 0.1) is 6.92 Å². The zero-order chi connectivity index (χ0) is 18.5. The highest BCUT2D eigenvalue weighted by Crippen LogP contribution is 2.65. The van der Waals surface area contributed by atoms with Gasteiger partial charge in [-0.2, -0.15) is 5.10 Å². The van der Waals surface area contributed by atoms with Crippen LogP contribution in [-0.4, -0.2) is 23.2 Å². The number of aromatic nitrogens is 2. The topological polar surface area (TPSA) is 67.0 Å². The number of carbonyl (C=O) groups excluding carboxylic acids is 1. The van der Waals surface area contributed by atoms with Crippen LogP contribution in [0.1, 0.15) is 43.0 Å². The van der Waals surface area contributed by atoms with E-state index in [4.69, 9.17) is 4.74 Å². The first-order valence-electron chi connectivity index (χ1n) is 9.08. The minimum Gasteiger partial charge on any atom is -0.497 e. The number of ether oxygens (including phenoxy) is 1. The summed E-state index contributed by atoms with van der Waals surface area (Å²) in [5.41, 5.74) is 4.69. The maximum absolute atomic E-state index is 12.7. The number of aryl methyl sites for hydroxylation is 1. The van der Waals surface area contributed by atoms with Crippen LogP contribution in [-0.2, 0) is 10.2 Å². The third kappa shape index (κ3) is 2.16. The monoisotopic (exact) mass is 349 g/mol. The number of H-pyrrole nitrogens is 1. The Morgan fingerprint density at radius 2 is 2.00 bits per heavy atom. The summed E-state index contributed by atoms with van der Waals surface area (Å²) in [6.07, 6.45) is 0.827. The second kappa shape index (κ2) is 5.87. The molecule has 1 spiro atoms. The molecule has 2 aromatic carbocycles. The van der Waals surface area contributed by atoms with E-state index < -0.39 is 5.41 Å². The number of carbonyl (C=O) groups is 1. The van der Waals surface area contributed by atoms with E-state index >= 15 is 0 Å². The number of methoxy groups -OCH3 is 1. The van der Waals surface area contributed by atoms with Gasteiger partial charge in [-0.25, -0.2) is 0 Å². The van der Waals surface area contributed by atoms with Gasteiger partial charge in [0.15, 0.2) is 0 Å². The number of fused-ring (bicyclic) bond motifs is 3. The summed E-state index contributed by atoms with van der Waals surface area (Å²) in [6, 6.07) is 12.1. The van der Waals surface area contributed by atoms with Crippen LogP contribution in [0.15, 0.2) is 36.4 Å². The van der Waals surface area contributed by atoms with Crippen molar-refractivity contribution in [1.29, 1.82) is 0 Å². The molecule has 0 saturated heterocycles. The van der Waals surface area contributed by atoms with Crippen molar-refractivity contribution in [3.8, 4) is 5.75 Å². The highest BCUT2D eigenvalue weighted by atomic mass is 16.5. The molecule has 5 nitrogen and oxygen atoms in total. The average molecular weight is 349 g/mol. The quantitative estimate of drug-likeness (QED) is 0.725. The van der Waals surface area contributed by atoms with Gasteiger partial charge in [-0.15, -0.1) is 0 Å². The van der Waals surface area contributed by atoms with Crippen molar-refractivity contribution in [3.05, 3.63) is 53.2 Å². The largest absolute Gasteiger partial charge is 0.497 e.